The van der Waals surface area contributed by atoms with Gasteiger partial charge in [0.1, 0.15) is 5.75 Å². The summed E-state index contributed by atoms with van der Waals surface area (Å²) < 4.78 is 11.8. The molecule has 0 radical (unpaired) electrons. The quantitative estimate of drug-likeness (QED) is 0.118. The molecule has 2 amide bonds. The molecular weight excluding hydrogens is 735 g/mol. The van der Waals surface area contributed by atoms with Crippen LogP contribution in [-0.2, 0) is 28.1 Å². The number of carbonyl (C=O) groups is 2. The summed E-state index contributed by atoms with van der Waals surface area (Å²) in [6, 6.07) is 17.5. The third-order valence-electron chi connectivity index (χ3n) is 10.2. The van der Waals surface area contributed by atoms with Crippen molar-refractivity contribution in [2.75, 3.05) is 27.3 Å². The summed E-state index contributed by atoms with van der Waals surface area (Å²) >= 11 is 21.4. The van der Waals surface area contributed by atoms with Gasteiger partial charge in [0, 0.05) is 72.6 Å². The Morgan fingerprint density at radius 2 is 1.49 bits per heavy atom. The van der Waals surface area contributed by atoms with Crippen LogP contribution in [-0.4, -0.2) is 66.6 Å². The van der Waals surface area contributed by atoms with Crippen LogP contribution in [0.2, 0.25) is 10.0 Å². The number of nitrogens with zero attached hydrogens (tertiary/aromatic N) is 2. The summed E-state index contributed by atoms with van der Waals surface area (Å²) in [5.41, 5.74) is 4.10. The van der Waals surface area contributed by atoms with Crippen molar-refractivity contribution in [2.24, 2.45) is 0 Å². The molecule has 0 bridgehead atoms. The van der Waals surface area contributed by atoms with Gasteiger partial charge in [0.25, 0.3) is 0 Å². The van der Waals surface area contributed by atoms with Gasteiger partial charge in [-0.1, -0.05) is 65.7 Å². The number of amides is 2. The van der Waals surface area contributed by atoms with E-state index in [-0.39, 0.29) is 23.9 Å². The molecule has 2 aromatic carbocycles. The second-order valence-electron chi connectivity index (χ2n) is 13.6. The summed E-state index contributed by atoms with van der Waals surface area (Å²) in [4.78, 5) is 33.7. The van der Waals surface area contributed by atoms with E-state index >= 15 is 0 Å². The molecule has 2 unspecified atom stereocenters. The molecule has 276 valence electrons. The van der Waals surface area contributed by atoms with Crippen molar-refractivity contribution in [1.29, 1.82) is 0 Å². The van der Waals surface area contributed by atoms with E-state index in [4.69, 9.17) is 54.2 Å². The molecule has 4 heterocycles. The van der Waals surface area contributed by atoms with Crippen molar-refractivity contribution >= 4 is 63.1 Å². The lowest BCUT2D eigenvalue weighted by Crippen LogP contribution is -2.40. The first kappa shape index (κ1) is 37.1. The lowest BCUT2D eigenvalue weighted by atomic mass is 9.70. The first-order chi connectivity index (χ1) is 25.7. The monoisotopic (exact) mass is 774 g/mol. The second kappa shape index (κ2) is 16.0. The number of aromatic nitrogens is 2. The van der Waals surface area contributed by atoms with Crippen LogP contribution < -0.4 is 30.7 Å². The highest BCUT2D eigenvalue weighted by Gasteiger charge is 2.46. The lowest BCUT2D eigenvalue weighted by molar-refractivity contribution is -0.120. The zero-order valence-corrected chi connectivity index (χ0v) is 31.7. The summed E-state index contributed by atoms with van der Waals surface area (Å²) in [6.07, 6.45) is 8.67. The Balaban J connectivity index is 1.27. The predicted molar refractivity (Wildman–Crippen MR) is 209 cm³/mol. The highest BCUT2D eigenvalue weighted by molar-refractivity contribution is 6.35. The van der Waals surface area contributed by atoms with E-state index in [0.717, 1.165) is 40.5 Å². The molecule has 1 aliphatic carbocycles. The van der Waals surface area contributed by atoms with E-state index in [1.165, 1.54) is 0 Å². The molecule has 0 spiro atoms. The number of nitrogens with one attached hydrogen (secondary N) is 4. The number of fused-ring (bicyclic) bond motifs is 1. The topological polar surface area (TPSA) is 126 Å². The van der Waals surface area contributed by atoms with Crippen molar-refractivity contribution in [3.8, 4) is 11.6 Å². The van der Waals surface area contributed by atoms with Gasteiger partial charge in [0.2, 0.25) is 17.7 Å². The number of halogens is 3. The number of benzene rings is 2. The molecule has 2 saturated heterocycles. The van der Waals surface area contributed by atoms with Gasteiger partial charge in [-0.3, -0.25) is 9.59 Å². The summed E-state index contributed by atoms with van der Waals surface area (Å²) in [7, 11) is 3.23. The van der Waals surface area contributed by atoms with E-state index in [1.54, 1.807) is 14.2 Å². The maximum Gasteiger partial charge on any atom is 0.220 e. The number of hydrogen-bond acceptors (Lipinski definition) is 8. The van der Waals surface area contributed by atoms with Crippen LogP contribution in [0.15, 0.2) is 72.8 Å². The van der Waals surface area contributed by atoms with Gasteiger partial charge in [0.15, 0.2) is 0 Å². The Kier molecular flexibility index (Phi) is 11.2. The Morgan fingerprint density at radius 3 is 2.13 bits per heavy atom. The Hall–Kier alpha value is -4.19. The predicted octanol–water partition coefficient (Wildman–Crippen LogP) is 6.24. The van der Waals surface area contributed by atoms with Gasteiger partial charge in [0.05, 0.1) is 46.9 Å². The summed E-state index contributed by atoms with van der Waals surface area (Å²) in [5, 5.41) is 14.0. The van der Waals surface area contributed by atoms with Gasteiger partial charge < -0.3 is 30.7 Å². The molecule has 2 fully saturated rings. The third-order valence-corrected chi connectivity index (χ3v) is 11.4. The van der Waals surface area contributed by atoms with E-state index in [9.17, 15) is 9.59 Å². The van der Waals surface area contributed by atoms with Crippen molar-refractivity contribution in [3.63, 3.8) is 0 Å². The molecule has 10 nitrogen and oxygen atoms in total. The lowest BCUT2D eigenvalue weighted by Gasteiger charge is -2.38. The fraction of sp³-hybridized carbons (Fsp3) is 0.350. The number of alkyl halides is 1. The molecule has 13 heteroatoms. The fourth-order valence-corrected chi connectivity index (χ4v) is 8.53. The molecule has 3 aliphatic rings. The molecule has 4 aromatic rings. The largest absolute Gasteiger partial charge is 0.496 e. The maximum absolute atomic E-state index is 11.7. The first-order valence-electron chi connectivity index (χ1n) is 17.7. The molecule has 4 atom stereocenters. The smallest absolute Gasteiger partial charge is 0.220 e. The molecule has 2 aromatic heterocycles. The van der Waals surface area contributed by atoms with Gasteiger partial charge >= 0.3 is 0 Å². The van der Waals surface area contributed by atoms with Gasteiger partial charge in [-0.05, 0) is 54.3 Å². The maximum atomic E-state index is 11.7. The molecule has 53 heavy (non-hydrogen) atoms. The minimum absolute atomic E-state index is 0.0813. The van der Waals surface area contributed by atoms with Gasteiger partial charge in [-0.15, -0.1) is 11.6 Å². The Morgan fingerprint density at radius 1 is 0.830 bits per heavy atom. The number of methoxy groups -OCH3 is 2. The first-order valence-corrected chi connectivity index (χ1v) is 18.9. The molecular formula is C40H41Cl3N6O4. The average Bonchev–Trinajstić information content (AvgIpc) is 3.79. The van der Waals surface area contributed by atoms with Gasteiger partial charge in [-0.25, -0.2) is 9.97 Å². The summed E-state index contributed by atoms with van der Waals surface area (Å²) in [5.74, 6) is 1.27. The Labute approximate surface area is 323 Å². The zero-order valence-electron chi connectivity index (χ0n) is 29.5. The van der Waals surface area contributed by atoms with Crippen molar-refractivity contribution in [2.45, 2.75) is 61.6 Å². The fourth-order valence-electron chi connectivity index (χ4n) is 7.52. The molecule has 0 saturated carbocycles. The molecule has 2 aliphatic heterocycles. The van der Waals surface area contributed by atoms with E-state index in [0.29, 0.717) is 77.6 Å². The average molecular weight is 776 g/mol. The number of pyridine rings is 2. The van der Waals surface area contributed by atoms with Crippen molar-refractivity contribution in [1.82, 2.24) is 31.2 Å². The SMILES string of the molecule is COc1nc(C2(c3ccc4c(OC)c(CNC[C@H]5CCC(=O)N5)cc(Cl)c4n3)C=CC=C(c3ccccc3Cl)C2Cl)ccc1CNC[C@H]1CCC(=O)N1. The molecule has 7 rings (SSSR count). The van der Waals surface area contributed by atoms with Crippen molar-refractivity contribution < 1.29 is 19.1 Å². The molecule has 4 N–H and O–H groups in total. The van der Waals surface area contributed by atoms with Crippen LogP contribution in [0.1, 0.15) is 53.8 Å². The highest BCUT2D eigenvalue weighted by atomic mass is 35.5. The normalized spacial score (nSPS) is 22.5. The van der Waals surface area contributed by atoms with E-state index in [1.807, 2.05) is 72.8 Å². The van der Waals surface area contributed by atoms with Gasteiger partial charge in [-0.2, -0.15) is 0 Å². The number of hydrogen-bond donors (Lipinski definition) is 4. The van der Waals surface area contributed by atoms with Crippen molar-refractivity contribution in [3.05, 3.63) is 111 Å². The number of ether oxygens (including phenoxy) is 2. The van der Waals surface area contributed by atoms with Crippen LogP contribution >= 0.6 is 34.8 Å². The third kappa shape index (κ3) is 7.48. The van der Waals surface area contributed by atoms with E-state index < -0.39 is 10.8 Å². The van der Waals surface area contributed by atoms with E-state index in [2.05, 4.69) is 21.3 Å². The van der Waals surface area contributed by atoms with Crippen LogP contribution in [0.4, 0.5) is 0 Å². The minimum atomic E-state index is -1.07. The standard InChI is InChI=1S/C40H41Cl3N6O4/c1-52-37-24(20-45-22-26-11-16-35(51)47-26)18-31(42)36-29(37)12-14-32(48-36)40(17-5-7-28(38(40)43)27-6-3-4-8-30(27)41)33-13-9-23(39(49-33)53-2)19-44-21-25-10-15-34(50)46-25/h3-9,12-14,17-18,25-26,38,44-45H,10-11,15-16,19-22H2,1-2H3,(H,46,50)(H,47,51)/t25-,26-,38?,40?/m1/s1. The number of rotatable bonds is 13. The number of carbonyl (C=O) groups excluding carboxylic acids is 2. The highest BCUT2D eigenvalue weighted by Crippen LogP contribution is 2.49. The zero-order chi connectivity index (χ0) is 37.1. The number of allylic oxidation sites excluding steroid dienone is 4. The Bertz CT molecular complexity index is 2110. The van der Waals surface area contributed by atoms with Crippen LogP contribution in [0.3, 0.4) is 0 Å². The van der Waals surface area contributed by atoms with Crippen LogP contribution in [0.5, 0.6) is 11.6 Å². The van der Waals surface area contributed by atoms with Crippen LogP contribution in [0, 0.1) is 0 Å². The minimum Gasteiger partial charge on any atom is -0.496 e. The second-order valence-corrected chi connectivity index (χ2v) is 14.8. The summed E-state index contributed by atoms with van der Waals surface area (Å²) in [6.45, 7) is 2.27. The van der Waals surface area contributed by atoms with Crippen LogP contribution in [0.25, 0.3) is 16.5 Å².